The molecule has 0 aliphatic carbocycles. The number of para-hydroxylation sites is 1. The SMILES string of the molecule is CCOc1ccc(OCC)c(NC(=O)CSC2=Nc3ccccc3CS2)c1. The van der Waals surface area contributed by atoms with Gasteiger partial charge in [-0.25, -0.2) is 4.99 Å². The van der Waals surface area contributed by atoms with Gasteiger partial charge in [-0.2, -0.15) is 0 Å². The monoisotopic (exact) mass is 402 g/mol. The van der Waals surface area contributed by atoms with E-state index in [4.69, 9.17) is 9.47 Å². The molecule has 2 aromatic carbocycles. The molecule has 0 unspecified atom stereocenters. The molecule has 0 bridgehead atoms. The standard InChI is InChI=1S/C20H22N2O3S2/c1-3-24-15-9-10-18(25-4-2)17(11-15)21-19(23)13-27-20-22-16-8-6-5-7-14(16)12-26-20/h5-11H,3-4,12-13H2,1-2H3,(H,21,23). The van der Waals surface area contributed by atoms with Gasteiger partial charge in [-0.05, 0) is 37.6 Å². The van der Waals surface area contributed by atoms with Crippen molar-refractivity contribution in [1.82, 2.24) is 0 Å². The third kappa shape index (κ3) is 5.43. The van der Waals surface area contributed by atoms with Crippen LogP contribution in [0, 0.1) is 0 Å². The highest BCUT2D eigenvalue weighted by atomic mass is 32.2. The molecule has 3 rings (SSSR count). The van der Waals surface area contributed by atoms with Gasteiger partial charge < -0.3 is 14.8 Å². The van der Waals surface area contributed by atoms with E-state index < -0.39 is 0 Å². The lowest BCUT2D eigenvalue weighted by molar-refractivity contribution is -0.113. The topological polar surface area (TPSA) is 59.9 Å². The van der Waals surface area contributed by atoms with Crippen LogP contribution in [0.1, 0.15) is 19.4 Å². The van der Waals surface area contributed by atoms with E-state index in [-0.39, 0.29) is 5.91 Å². The minimum Gasteiger partial charge on any atom is -0.494 e. The molecule has 1 aliphatic heterocycles. The molecule has 1 heterocycles. The first kappa shape index (κ1) is 19.6. The van der Waals surface area contributed by atoms with E-state index in [9.17, 15) is 4.79 Å². The van der Waals surface area contributed by atoms with Crippen LogP contribution in [0.3, 0.4) is 0 Å². The summed E-state index contributed by atoms with van der Waals surface area (Å²) in [5, 5.41) is 2.92. The maximum atomic E-state index is 12.4. The number of carbonyl (C=O) groups excluding carboxylic acids is 1. The molecule has 1 amide bonds. The summed E-state index contributed by atoms with van der Waals surface area (Å²) in [6.45, 7) is 4.93. The summed E-state index contributed by atoms with van der Waals surface area (Å²) in [6.07, 6.45) is 0. The summed E-state index contributed by atoms with van der Waals surface area (Å²) >= 11 is 3.11. The van der Waals surface area contributed by atoms with Crippen molar-refractivity contribution in [3.05, 3.63) is 48.0 Å². The number of hydrogen-bond donors (Lipinski definition) is 1. The van der Waals surface area contributed by atoms with E-state index in [0.29, 0.717) is 36.2 Å². The van der Waals surface area contributed by atoms with Gasteiger partial charge in [0, 0.05) is 11.8 Å². The molecule has 142 valence electrons. The molecule has 0 aromatic heterocycles. The van der Waals surface area contributed by atoms with E-state index in [0.717, 1.165) is 15.8 Å². The van der Waals surface area contributed by atoms with E-state index in [1.807, 2.05) is 44.2 Å². The Morgan fingerprint density at radius 3 is 2.81 bits per heavy atom. The lowest BCUT2D eigenvalue weighted by atomic mass is 10.2. The number of amides is 1. The molecular weight excluding hydrogens is 380 g/mol. The summed E-state index contributed by atoms with van der Waals surface area (Å²) in [4.78, 5) is 17.1. The molecule has 7 heteroatoms. The summed E-state index contributed by atoms with van der Waals surface area (Å²) < 4.78 is 12.0. The zero-order chi connectivity index (χ0) is 19.1. The number of thioether (sulfide) groups is 2. The van der Waals surface area contributed by atoms with Crippen LogP contribution in [0.5, 0.6) is 11.5 Å². The molecule has 1 aliphatic rings. The van der Waals surface area contributed by atoms with Crippen LogP contribution < -0.4 is 14.8 Å². The van der Waals surface area contributed by atoms with E-state index in [1.54, 1.807) is 17.8 Å². The molecule has 0 atom stereocenters. The number of ether oxygens (including phenoxy) is 2. The molecule has 27 heavy (non-hydrogen) atoms. The first-order valence-corrected chi connectivity index (χ1v) is 10.8. The van der Waals surface area contributed by atoms with Gasteiger partial charge in [-0.3, -0.25) is 4.79 Å². The zero-order valence-corrected chi connectivity index (χ0v) is 17.0. The summed E-state index contributed by atoms with van der Waals surface area (Å²) in [6, 6.07) is 13.5. The smallest absolute Gasteiger partial charge is 0.234 e. The molecule has 5 nitrogen and oxygen atoms in total. The molecule has 0 saturated carbocycles. The molecule has 0 saturated heterocycles. The van der Waals surface area contributed by atoms with Crippen LogP contribution in [-0.2, 0) is 10.5 Å². The van der Waals surface area contributed by atoms with Crippen molar-refractivity contribution in [2.24, 2.45) is 4.99 Å². The molecule has 2 aromatic rings. The number of benzene rings is 2. The Balaban J connectivity index is 1.62. The highest BCUT2D eigenvalue weighted by Crippen LogP contribution is 2.35. The summed E-state index contributed by atoms with van der Waals surface area (Å²) in [7, 11) is 0. The second-order valence-corrected chi connectivity index (χ2v) is 7.84. The van der Waals surface area contributed by atoms with Gasteiger partial charge >= 0.3 is 0 Å². The predicted molar refractivity (Wildman–Crippen MR) is 115 cm³/mol. The molecule has 1 N–H and O–H groups in total. The maximum absolute atomic E-state index is 12.4. The average molecular weight is 403 g/mol. The Hall–Kier alpha value is -2.12. The lowest BCUT2D eigenvalue weighted by Gasteiger charge is -2.15. The second kappa shape index (κ2) is 9.71. The van der Waals surface area contributed by atoms with Gasteiger partial charge in [0.15, 0.2) is 0 Å². The molecule has 0 radical (unpaired) electrons. The predicted octanol–water partition coefficient (Wildman–Crippen LogP) is 5.09. The second-order valence-electron chi connectivity index (χ2n) is 5.66. The maximum Gasteiger partial charge on any atom is 0.234 e. The largest absolute Gasteiger partial charge is 0.494 e. The van der Waals surface area contributed by atoms with Crippen molar-refractivity contribution in [1.29, 1.82) is 0 Å². The third-order valence-corrected chi connectivity index (χ3v) is 5.96. The van der Waals surface area contributed by atoms with Gasteiger partial charge in [0.1, 0.15) is 15.9 Å². The van der Waals surface area contributed by atoms with Crippen molar-refractivity contribution in [3.63, 3.8) is 0 Å². The molecular formula is C20H22N2O3S2. The van der Waals surface area contributed by atoms with E-state index >= 15 is 0 Å². The van der Waals surface area contributed by atoms with Crippen molar-refractivity contribution < 1.29 is 14.3 Å². The van der Waals surface area contributed by atoms with Crippen LogP contribution >= 0.6 is 23.5 Å². The number of carbonyl (C=O) groups is 1. The third-order valence-electron chi connectivity index (χ3n) is 3.72. The highest BCUT2D eigenvalue weighted by Gasteiger charge is 2.15. The van der Waals surface area contributed by atoms with Crippen LogP contribution in [0.2, 0.25) is 0 Å². The minimum absolute atomic E-state index is 0.100. The summed E-state index contributed by atoms with van der Waals surface area (Å²) in [5.74, 6) is 2.41. The number of anilines is 1. The quantitative estimate of drug-likeness (QED) is 0.699. The minimum atomic E-state index is -0.100. The number of hydrogen-bond acceptors (Lipinski definition) is 6. The Labute approximate surface area is 167 Å². The van der Waals surface area contributed by atoms with Crippen LogP contribution in [0.25, 0.3) is 0 Å². The Kier molecular flexibility index (Phi) is 7.06. The fourth-order valence-corrected chi connectivity index (χ4v) is 4.41. The number of fused-ring (bicyclic) bond motifs is 1. The van der Waals surface area contributed by atoms with Crippen LogP contribution in [-0.4, -0.2) is 29.2 Å². The first-order valence-electron chi connectivity index (χ1n) is 8.81. The van der Waals surface area contributed by atoms with E-state index in [2.05, 4.69) is 16.4 Å². The zero-order valence-electron chi connectivity index (χ0n) is 15.4. The molecule has 0 spiro atoms. The van der Waals surface area contributed by atoms with Gasteiger partial charge in [-0.1, -0.05) is 41.7 Å². The number of nitrogens with zero attached hydrogens (tertiary/aromatic N) is 1. The number of nitrogens with one attached hydrogen (secondary N) is 1. The fourth-order valence-electron chi connectivity index (χ4n) is 2.54. The highest BCUT2D eigenvalue weighted by molar-refractivity contribution is 8.38. The Morgan fingerprint density at radius 2 is 2.00 bits per heavy atom. The first-order chi connectivity index (χ1) is 13.2. The lowest BCUT2D eigenvalue weighted by Crippen LogP contribution is -2.16. The van der Waals surface area contributed by atoms with Crippen molar-refractivity contribution in [2.45, 2.75) is 19.6 Å². The van der Waals surface area contributed by atoms with Crippen molar-refractivity contribution >= 4 is 45.2 Å². The normalized spacial score (nSPS) is 12.7. The van der Waals surface area contributed by atoms with Crippen LogP contribution in [0.4, 0.5) is 11.4 Å². The van der Waals surface area contributed by atoms with Gasteiger partial charge in [-0.15, -0.1) is 0 Å². The Bertz CT molecular complexity index is 840. The van der Waals surface area contributed by atoms with Gasteiger partial charge in [0.2, 0.25) is 5.91 Å². The van der Waals surface area contributed by atoms with Gasteiger partial charge in [0.25, 0.3) is 0 Å². The Morgan fingerprint density at radius 1 is 1.19 bits per heavy atom. The van der Waals surface area contributed by atoms with Gasteiger partial charge in [0.05, 0.1) is 30.3 Å². The summed E-state index contributed by atoms with van der Waals surface area (Å²) in [5.41, 5.74) is 2.84. The number of rotatable bonds is 7. The fraction of sp³-hybridized carbons (Fsp3) is 0.300. The van der Waals surface area contributed by atoms with Crippen LogP contribution in [0.15, 0.2) is 47.5 Å². The average Bonchev–Trinajstić information content (AvgIpc) is 2.68. The van der Waals surface area contributed by atoms with E-state index in [1.165, 1.54) is 17.3 Å². The van der Waals surface area contributed by atoms with Crippen molar-refractivity contribution in [3.8, 4) is 11.5 Å². The number of aliphatic imine (C=N–C) groups is 1. The molecule has 0 fully saturated rings. The van der Waals surface area contributed by atoms with Crippen molar-refractivity contribution in [2.75, 3.05) is 24.3 Å².